The number of ketones is 1. The van der Waals surface area contributed by atoms with Crippen LogP contribution < -0.4 is 9.47 Å². The molecule has 1 aromatic heterocycles. The zero-order valence-corrected chi connectivity index (χ0v) is 13.3. The Kier molecular flexibility index (Phi) is 5.15. The summed E-state index contributed by atoms with van der Waals surface area (Å²) >= 11 is 0. The number of carbonyl (C=O) groups is 1. The monoisotopic (exact) mass is 292 g/mol. The average molecular weight is 292 g/mol. The van der Waals surface area contributed by atoms with Gasteiger partial charge in [0.25, 0.3) is 0 Å². The van der Waals surface area contributed by atoms with Crippen LogP contribution in [0.25, 0.3) is 0 Å². The van der Waals surface area contributed by atoms with Gasteiger partial charge >= 0.3 is 0 Å². The molecule has 1 aromatic rings. The molecule has 1 fully saturated rings. The van der Waals surface area contributed by atoms with Crippen LogP contribution in [0.15, 0.2) is 6.20 Å². The van der Waals surface area contributed by atoms with Gasteiger partial charge in [-0.3, -0.25) is 4.79 Å². The predicted octanol–water partition coefficient (Wildman–Crippen LogP) is 3.14. The van der Waals surface area contributed by atoms with Crippen molar-refractivity contribution in [3.8, 4) is 11.8 Å². The van der Waals surface area contributed by atoms with Crippen molar-refractivity contribution in [1.82, 2.24) is 9.97 Å². The first-order chi connectivity index (χ1) is 10.1. The van der Waals surface area contributed by atoms with E-state index in [1.54, 1.807) is 0 Å². The van der Waals surface area contributed by atoms with Gasteiger partial charge in [0.1, 0.15) is 0 Å². The van der Waals surface area contributed by atoms with E-state index >= 15 is 0 Å². The van der Waals surface area contributed by atoms with Gasteiger partial charge in [-0.1, -0.05) is 13.8 Å². The van der Waals surface area contributed by atoms with Crippen LogP contribution in [0.5, 0.6) is 11.8 Å². The summed E-state index contributed by atoms with van der Waals surface area (Å²) in [7, 11) is 3.01. The van der Waals surface area contributed by atoms with Crippen molar-refractivity contribution in [3.63, 3.8) is 0 Å². The Labute approximate surface area is 126 Å². The fourth-order valence-electron chi connectivity index (χ4n) is 3.01. The number of rotatable bonds is 5. The fourth-order valence-corrected chi connectivity index (χ4v) is 3.01. The lowest BCUT2D eigenvalue weighted by atomic mass is 9.75. The second-order valence-corrected chi connectivity index (χ2v) is 5.99. The molecule has 116 valence electrons. The minimum absolute atomic E-state index is 0.0385. The first-order valence-corrected chi connectivity index (χ1v) is 7.56. The Balaban J connectivity index is 2.10. The van der Waals surface area contributed by atoms with E-state index < -0.39 is 0 Å². The molecule has 5 nitrogen and oxygen atoms in total. The van der Waals surface area contributed by atoms with Gasteiger partial charge in [-0.05, 0) is 37.5 Å². The molecule has 0 spiro atoms. The lowest BCUT2D eigenvalue weighted by Crippen LogP contribution is -2.25. The van der Waals surface area contributed by atoms with E-state index in [0.717, 1.165) is 31.6 Å². The zero-order valence-electron chi connectivity index (χ0n) is 13.3. The highest BCUT2D eigenvalue weighted by Crippen LogP contribution is 2.35. The maximum atomic E-state index is 12.6. The molecule has 1 heterocycles. The highest BCUT2D eigenvalue weighted by molar-refractivity contribution is 5.98. The molecule has 0 saturated heterocycles. The van der Waals surface area contributed by atoms with Crippen LogP contribution >= 0.6 is 0 Å². The van der Waals surface area contributed by atoms with E-state index in [0.29, 0.717) is 17.5 Å². The SMILES string of the molecule is COc1cnc(C(=O)C2CCC(C(C)C)CC2)c(OC)n1. The van der Waals surface area contributed by atoms with Gasteiger partial charge in [0.05, 0.1) is 20.4 Å². The number of nitrogens with zero attached hydrogens (tertiary/aromatic N) is 2. The Hall–Kier alpha value is -1.65. The number of carbonyl (C=O) groups excluding carboxylic acids is 1. The van der Waals surface area contributed by atoms with Gasteiger partial charge in [0.2, 0.25) is 11.8 Å². The summed E-state index contributed by atoms with van der Waals surface area (Å²) in [4.78, 5) is 21.0. The zero-order chi connectivity index (χ0) is 15.4. The van der Waals surface area contributed by atoms with Crippen molar-refractivity contribution in [2.45, 2.75) is 39.5 Å². The first kappa shape index (κ1) is 15.7. The van der Waals surface area contributed by atoms with Crippen LogP contribution in [-0.4, -0.2) is 30.0 Å². The van der Waals surface area contributed by atoms with E-state index in [2.05, 4.69) is 23.8 Å². The van der Waals surface area contributed by atoms with Gasteiger partial charge in [-0.25, -0.2) is 4.98 Å². The van der Waals surface area contributed by atoms with Gasteiger partial charge in [-0.2, -0.15) is 4.98 Å². The number of hydrogen-bond acceptors (Lipinski definition) is 5. The lowest BCUT2D eigenvalue weighted by molar-refractivity contribution is 0.0849. The molecular weight excluding hydrogens is 268 g/mol. The number of methoxy groups -OCH3 is 2. The van der Waals surface area contributed by atoms with Crippen LogP contribution in [-0.2, 0) is 0 Å². The molecule has 0 bridgehead atoms. The van der Waals surface area contributed by atoms with Crippen molar-refractivity contribution >= 4 is 5.78 Å². The van der Waals surface area contributed by atoms with Crippen LogP contribution in [0.1, 0.15) is 50.0 Å². The minimum Gasteiger partial charge on any atom is -0.480 e. The topological polar surface area (TPSA) is 61.3 Å². The molecule has 1 saturated carbocycles. The molecule has 0 unspecified atom stereocenters. The maximum Gasteiger partial charge on any atom is 0.246 e. The molecule has 1 aliphatic carbocycles. The van der Waals surface area contributed by atoms with Gasteiger partial charge in [-0.15, -0.1) is 0 Å². The number of Topliss-reactive ketones (excluding diaryl/α,β-unsaturated/α-hetero) is 1. The summed E-state index contributed by atoms with van der Waals surface area (Å²) in [5, 5.41) is 0. The van der Waals surface area contributed by atoms with Crippen LogP contribution in [0.4, 0.5) is 0 Å². The molecule has 0 aromatic carbocycles. The van der Waals surface area contributed by atoms with E-state index in [9.17, 15) is 4.79 Å². The molecule has 0 N–H and O–H groups in total. The molecular formula is C16H24N2O3. The largest absolute Gasteiger partial charge is 0.480 e. The van der Waals surface area contributed by atoms with E-state index in [-0.39, 0.29) is 17.6 Å². The van der Waals surface area contributed by atoms with Crippen molar-refractivity contribution in [2.24, 2.45) is 17.8 Å². The summed E-state index contributed by atoms with van der Waals surface area (Å²) in [6.45, 7) is 4.51. The number of aromatic nitrogens is 2. The molecule has 1 aliphatic rings. The molecule has 0 aliphatic heterocycles. The Bertz CT molecular complexity index is 494. The van der Waals surface area contributed by atoms with Crippen LogP contribution in [0.2, 0.25) is 0 Å². The van der Waals surface area contributed by atoms with Crippen molar-refractivity contribution in [2.75, 3.05) is 14.2 Å². The molecule has 21 heavy (non-hydrogen) atoms. The summed E-state index contributed by atoms with van der Waals surface area (Å²) in [5.41, 5.74) is 0.325. The first-order valence-electron chi connectivity index (χ1n) is 7.56. The normalized spacial score (nSPS) is 22.1. The highest BCUT2D eigenvalue weighted by atomic mass is 16.5. The second-order valence-electron chi connectivity index (χ2n) is 5.99. The predicted molar refractivity (Wildman–Crippen MR) is 79.8 cm³/mol. The molecule has 2 rings (SSSR count). The third kappa shape index (κ3) is 3.52. The Morgan fingerprint density at radius 1 is 1.19 bits per heavy atom. The standard InChI is InChI=1S/C16H24N2O3/c1-10(2)11-5-7-12(8-6-11)15(19)14-16(21-4)18-13(20-3)9-17-14/h9-12H,5-8H2,1-4H3. The van der Waals surface area contributed by atoms with Crippen molar-refractivity contribution in [1.29, 1.82) is 0 Å². The number of hydrogen-bond donors (Lipinski definition) is 0. The Morgan fingerprint density at radius 2 is 1.86 bits per heavy atom. The second kappa shape index (κ2) is 6.87. The fraction of sp³-hybridized carbons (Fsp3) is 0.688. The molecule has 0 atom stereocenters. The van der Waals surface area contributed by atoms with Crippen molar-refractivity contribution in [3.05, 3.63) is 11.9 Å². The Morgan fingerprint density at radius 3 is 2.38 bits per heavy atom. The van der Waals surface area contributed by atoms with E-state index in [4.69, 9.17) is 9.47 Å². The molecule has 5 heteroatoms. The van der Waals surface area contributed by atoms with E-state index in [1.807, 2.05) is 0 Å². The quantitative estimate of drug-likeness (QED) is 0.780. The summed E-state index contributed by atoms with van der Waals surface area (Å²) in [6, 6.07) is 0. The van der Waals surface area contributed by atoms with Gasteiger partial charge in [0, 0.05) is 5.92 Å². The summed E-state index contributed by atoms with van der Waals surface area (Å²) in [5.74, 6) is 2.12. The van der Waals surface area contributed by atoms with Gasteiger partial charge < -0.3 is 9.47 Å². The highest BCUT2D eigenvalue weighted by Gasteiger charge is 2.31. The minimum atomic E-state index is 0.0385. The van der Waals surface area contributed by atoms with Crippen LogP contribution in [0.3, 0.4) is 0 Å². The average Bonchev–Trinajstić information content (AvgIpc) is 2.53. The van der Waals surface area contributed by atoms with E-state index in [1.165, 1.54) is 20.4 Å². The molecule has 0 radical (unpaired) electrons. The summed E-state index contributed by atoms with van der Waals surface area (Å²) < 4.78 is 10.2. The van der Waals surface area contributed by atoms with Crippen molar-refractivity contribution < 1.29 is 14.3 Å². The van der Waals surface area contributed by atoms with Gasteiger partial charge in [0.15, 0.2) is 11.5 Å². The summed E-state index contributed by atoms with van der Waals surface area (Å²) in [6.07, 6.45) is 5.55. The third-order valence-corrected chi connectivity index (χ3v) is 4.44. The molecule has 0 amide bonds. The number of ether oxygens (including phenoxy) is 2. The van der Waals surface area contributed by atoms with Crippen LogP contribution in [0, 0.1) is 17.8 Å². The smallest absolute Gasteiger partial charge is 0.246 e. The third-order valence-electron chi connectivity index (χ3n) is 4.44. The maximum absolute atomic E-state index is 12.6. The lowest BCUT2D eigenvalue weighted by Gasteiger charge is -2.30.